The Hall–Kier alpha value is -2.01. The molecule has 0 aliphatic rings. The van der Waals surface area contributed by atoms with Crippen LogP contribution in [-0.4, -0.2) is 22.7 Å². The van der Waals surface area contributed by atoms with Gasteiger partial charge in [0, 0.05) is 22.8 Å². The van der Waals surface area contributed by atoms with Crippen molar-refractivity contribution < 1.29 is 9.53 Å². The molecular weight excluding hydrogens is 266 g/mol. The van der Waals surface area contributed by atoms with Crippen molar-refractivity contribution >= 4 is 23.1 Å². The van der Waals surface area contributed by atoms with Crippen molar-refractivity contribution in [3.05, 3.63) is 40.7 Å². The highest BCUT2D eigenvalue weighted by Crippen LogP contribution is 2.25. The first-order valence-electron chi connectivity index (χ1n) is 5.78. The van der Waals surface area contributed by atoms with E-state index in [2.05, 4.69) is 5.10 Å². The zero-order valence-electron chi connectivity index (χ0n) is 10.7. The van der Waals surface area contributed by atoms with E-state index < -0.39 is 0 Å². The van der Waals surface area contributed by atoms with Gasteiger partial charge >= 0.3 is 0 Å². The molecule has 0 aliphatic carbocycles. The summed E-state index contributed by atoms with van der Waals surface area (Å²) in [6.07, 6.45) is 1.52. The lowest BCUT2D eigenvalue weighted by atomic mass is 10.1. The summed E-state index contributed by atoms with van der Waals surface area (Å²) in [5, 5.41) is 4.59. The van der Waals surface area contributed by atoms with Crippen molar-refractivity contribution in [3.63, 3.8) is 0 Å². The number of ketones is 1. The number of anilines is 1. The van der Waals surface area contributed by atoms with Crippen LogP contribution in [0.5, 0.6) is 5.75 Å². The van der Waals surface area contributed by atoms with Gasteiger partial charge in [0.25, 0.3) is 0 Å². The van der Waals surface area contributed by atoms with Gasteiger partial charge < -0.3 is 10.5 Å². The van der Waals surface area contributed by atoms with Crippen LogP contribution in [0.2, 0.25) is 5.02 Å². The first kappa shape index (κ1) is 13.4. The molecule has 6 heteroatoms. The maximum absolute atomic E-state index is 12.5. The standard InChI is InChI=1S/C13H14ClN3O2/c1-3-17-12(11(19-2)7-16-17)13(18)9-5-4-8(14)6-10(9)15/h4-7H,3,15H2,1-2H3. The van der Waals surface area contributed by atoms with Gasteiger partial charge in [-0.25, -0.2) is 0 Å². The fraction of sp³-hybridized carbons (Fsp3) is 0.231. The number of aromatic nitrogens is 2. The summed E-state index contributed by atoms with van der Waals surface area (Å²) in [7, 11) is 1.50. The number of rotatable bonds is 4. The highest BCUT2D eigenvalue weighted by atomic mass is 35.5. The van der Waals surface area contributed by atoms with E-state index in [0.29, 0.717) is 34.3 Å². The van der Waals surface area contributed by atoms with Crippen molar-refractivity contribution in [2.24, 2.45) is 0 Å². The highest BCUT2D eigenvalue weighted by molar-refractivity contribution is 6.31. The number of hydrogen-bond donors (Lipinski definition) is 1. The third kappa shape index (κ3) is 2.42. The number of ether oxygens (including phenoxy) is 1. The largest absolute Gasteiger partial charge is 0.493 e. The van der Waals surface area contributed by atoms with Crippen molar-refractivity contribution in [2.75, 3.05) is 12.8 Å². The molecule has 0 saturated heterocycles. The quantitative estimate of drug-likeness (QED) is 0.689. The summed E-state index contributed by atoms with van der Waals surface area (Å²) in [5.41, 5.74) is 6.95. The van der Waals surface area contributed by atoms with E-state index in [1.165, 1.54) is 13.3 Å². The van der Waals surface area contributed by atoms with Gasteiger partial charge in [-0.05, 0) is 25.1 Å². The molecule has 0 atom stereocenters. The summed E-state index contributed by atoms with van der Waals surface area (Å²) in [6, 6.07) is 4.78. The normalized spacial score (nSPS) is 10.5. The number of methoxy groups -OCH3 is 1. The van der Waals surface area contributed by atoms with Gasteiger partial charge in [0.15, 0.2) is 11.4 Å². The number of nitrogen functional groups attached to an aromatic ring is 1. The lowest BCUT2D eigenvalue weighted by Gasteiger charge is -2.08. The van der Waals surface area contributed by atoms with Crippen molar-refractivity contribution in [1.29, 1.82) is 0 Å². The van der Waals surface area contributed by atoms with E-state index in [1.54, 1.807) is 22.9 Å². The van der Waals surface area contributed by atoms with Gasteiger partial charge in [0.1, 0.15) is 0 Å². The monoisotopic (exact) mass is 279 g/mol. The van der Waals surface area contributed by atoms with Crippen LogP contribution in [0.25, 0.3) is 0 Å². The highest BCUT2D eigenvalue weighted by Gasteiger charge is 2.22. The first-order chi connectivity index (χ1) is 9.08. The molecule has 2 aromatic rings. The molecule has 0 amide bonds. The van der Waals surface area contributed by atoms with Crippen LogP contribution in [0.1, 0.15) is 23.0 Å². The molecule has 1 heterocycles. The second-order valence-corrected chi connectivity index (χ2v) is 4.37. The number of carbonyl (C=O) groups is 1. The average molecular weight is 280 g/mol. The van der Waals surface area contributed by atoms with Gasteiger partial charge in [-0.1, -0.05) is 11.6 Å². The molecule has 2 rings (SSSR count). The summed E-state index contributed by atoms with van der Waals surface area (Å²) in [4.78, 5) is 12.5. The van der Waals surface area contributed by atoms with Crippen LogP contribution in [-0.2, 0) is 6.54 Å². The zero-order valence-corrected chi connectivity index (χ0v) is 11.4. The predicted molar refractivity (Wildman–Crippen MR) is 73.7 cm³/mol. The molecule has 0 radical (unpaired) electrons. The van der Waals surface area contributed by atoms with Gasteiger partial charge in [-0.3, -0.25) is 9.48 Å². The van der Waals surface area contributed by atoms with Gasteiger partial charge in [-0.15, -0.1) is 0 Å². The van der Waals surface area contributed by atoms with Crippen LogP contribution in [0.15, 0.2) is 24.4 Å². The minimum atomic E-state index is -0.231. The van der Waals surface area contributed by atoms with E-state index in [1.807, 2.05) is 6.92 Å². The number of hydrogen-bond acceptors (Lipinski definition) is 4. The fourth-order valence-corrected chi connectivity index (χ4v) is 2.03. The molecule has 5 nitrogen and oxygen atoms in total. The SMILES string of the molecule is CCn1ncc(OC)c1C(=O)c1ccc(Cl)cc1N. The Morgan fingerprint density at radius 3 is 2.84 bits per heavy atom. The van der Waals surface area contributed by atoms with E-state index >= 15 is 0 Å². The Morgan fingerprint density at radius 2 is 2.26 bits per heavy atom. The molecule has 0 fully saturated rings. The summed E-state index contributed by atoms with van der Waals surface area (Å²) < 4.78 is 6.74. The molecule has 2 N–H and O–H groups in total. The number of nitrogens with zero attached hydrogens (tertiary/aromatic N) is 2. The predicted octanol–water partition coefficient (Wildman–Crippen LogP) is 2.38. The first-order valence-corrected chi connectivity index (χ1v) is 6.15. The molecule has 1 aromatic heterocycles. The Kier molecular flexibility index (Phi) is 3.76. The van der Waals surface area contributed by atoms with Crippen LogP contribution >= 0.6 is 11.6 Å². The molecule has 0 spiro atoms. The average Bonchev–Trinajstić information content (AvgIpc) is 2.80. The second kappa shape index (κ2) is 5.32. The lowest BCUT2D eigenvalue weighted by molar-refractivity contribution is 0.102. The molecule has 0 bridgehead atoms. The van der Waals surface area contributed by atoms with Crippen LogP contribution in [0, 0.1) is 0 Å². The lowest BCUT2D eigenvalue weighted by Crippen LogP contribution is -2.13. The molecule has 100 valence electrons. The second-order valence-electron chi connectivity index (χ2n) is 3.94. The van der Waals surface area contributed by atoms with E-state index in [-0.39, 0.29) is 5.78 Å². The minimum absolute atomic E-state index is 0.231. The molecule has 1 aromatic carbocycles. The molecule has 19 heavy (non-hydrogen) atoms. The zero-order chi connectivity index (χ0) is 14.0. The maximum atomic E-state index is 12.5. The van der Waals surface area contributed by atoms with E-state index in [4.69, 9.17) is 22.1 Å². The van der Waals surface area contributed by atoms with Crippen molar-refractivity contribution in [2.45, 2.75) is 13.5 Å². The van der Waals surface area contributed by atoms with Crippen LogP contribution < -0.4 is 10.5 Å². The van der Waals surface area contributed by atoms with Crippen molar-refractivity contribution in [1.82, 2.24) is 9.78 Å². The third-order valence-corrected chi connectivity index (χ3v) is 3.03. The third-order valence-electron chi connectivity index (χ3n) is 2.80. The van der Waals surface area contributed by atoms with Crippen LogP contribution in [0.4, 0.5) is 5.69 Å². The van der Waals surface area contributed by atoms with E-state index in [0.717, 1.165) is 0 Å². The summed E-state index contributed by atoms with van der Waals surface area (Å²) in [6.45, 7) is 2.46. The van der Waals surface area contributed by atoms with Crippen LogP contribution in [0.3, 0.4) is 0 Å². The van der Waals surface area contributed by atoms with E-state index in [9.17, 15) is 4.79 Å². The Morgan fingerprint density at radius 1 is 1.53 bits per heavy atom. The molecule has 0 aliphatic heterocycles. The maximum Gasteiger partial charge on any atom is 0.216 e. The number of nitrogens with two attached hydrogens (primary N) is 1. The number of carbonyl (C=O) groups excluding carboxylic acids is 1. The Labute approximate surface area is 115 Å². The number of benzene rings is 1. The minimum Gasteiger partial charge on any atom is -0.493 e. The van der Waals surface area contributed by atoms with Crippen molar-refractivity contribution in [3.8, 4) is 5.75 Å². The summed E-state index contributed by atoms with van der Waals surface area (Å²) in [5.74, 6) is 0.201. The Balaban J connectivity index is 2.52. The Bertz CT molecular complexity index is 601. The molecule has 0 saturated carbocycles. The summed E-state index contributed by atoms with van der Waals surface area (Å²) >= 11 is 5.83. The van der Waals surface area contributed by atoms with Gasteiger partial charge in [-0.2, -0.15) is 5.10 Å². The number of halogens is 1. The number of aryl methyl sites for hydroxylation is 1. The smallest absolute Gasteiger partial charge is 0.216 e. The van der Waals surface area contributed by atoms with Gasteiger partial charge in [0.05, 0.1) is 13.3 Å². The molecule has 0 unspecified atom stereocenters. The van der Waals surface area contributed by atoms with Gasteiger partial charge in [0.2, 0.25) is 5.78 Å². The topological polar surface area (TPSA) is 70.1 Å². The fourth-order valence-electron chi connectivity index (χ4n) is 1.85. The molecular formula is C13H14ClN3O2.